The van der Waals surface area contributed by atoms with Crippen LogP contribution in [0.5, 0.6) is 5.75 Å². The molecular formula is C19H28N2O. The molecule has 1 unspecified atom stereocenters. The Hall–Kier alpha value is -1.48. The van der Waals surface area contributed by atoms with Gasteiger partial charge in [-0.1, -0.05) is 13.8 Å². The van der Waals surface area contributed by atoms with Crippen LogP contribution in [-0.4, -0.2) is 35.6 Å². The number of likely N-dealkylation sites (N-methyl/N-ethyl adjacent to an activating group) is 1. The summed E-state index contributed by atoms with van der Waals surface area (Å²) in [5.74, 6) is 1.09. The zero-order valence-electron chi connectivity index (χ0n) is 14.1. The van der Waals surface area contributed by atoms with Gasteiger partial charge in [0.15, 0.2) is 0 Å². The highest BCUT2D eigenvalue weighted by Crippen LogP contribution is 2.34. The molecule has 3 nitrogen and oxygen atoms in total. The smallest absolute Gasteiger partial charge is 0.123 e. The summed E-state index contributed by atoms with van der Waals surface area (Å²) in [6.45, 7) is 10.0. The first kappa shape index (κ1) is 15.4. The van der Waals surface area contributed by atoms with Crippen LogP contribution in [0, 0.1) is 0 Å². The first-order valence-electron chi connectivity index (χ1n) is 8.73. The molecule has 0 radical (unpaired) electrons. The normalized spacial score (nSPS) is 15.8. The molecule has 0 aliphatic carbocycles. The van der Waals surface area contributed by atoms with Crippen LogP contribution >= 0.6 is 0 Å². The molecule has 0 amide bonds. The zero-order valence-corrected chi connectivity index (χ0v) is 14.1. The van der Waals surface area contributed by atoms with Crippen molar-refractivity contribution < 1.29 is 4.74 Å². The van der Waals surface area contributed by atoms with Crippen LogP contribution < -0.4 is 4.74 Å². The van der Waals surface area contributed by atoms with Gasteiger partial charge in [0.2, 0.25) is 0 Å². The van der Waals surface area contributed by atoms with E-state index in [9.17, 15) is 0 Å². The molecule has 0 fully saturated rings. The number of benzene rings is 1. The highest BCUT2D eigenvalue weighted by Gasteiger charge is 2.19. The minimum absolute atomic E-state index is 0.573. The van der Waals surface area contributed by atoms with E-state index in [1.54, 1.807) is 0 Å². The molecule has 3 heteroatoms. The van der Waals surface area contributed by atoms with Crippen LogP contribution in [0.1, 0.15) is 44.7 Å². The second-order valence-corrected chi connectivity index (χ2v) is 6.41. The van der Waals surface area contributed by atoms with E-state index in [1.807, 2.05) is 0 Å². The van der Waals surface area contributed by atoms with E-state index in [-0.39, 0.29) is 0 Å². The molecule has 1 aromatic heterocycles. The predicted octanol–water partition coefficient (Wildman–Crippen LogP) is 4.16. The van der Waals surface area contributed by atoms with Gasteiger partial charge in [0.25, 0.3) is 0 Å². The number of nitrogens with zero attached hydrogens (tertiary/aromatic N) is 1. The van der Waals surface area contributed by atoms with Crippen molar-refractivity contribution in [3.63, 3.8) is 0 Å². The molecule has 120 valence electrons. The lowest BCUT2D eigenvalue weighted by Gasteiger charge is -2.27. The fourth-order valence-electron chi connectivity index (χ4n) is 3.75. The molecule has 1 aliphatic rings. The van der Waals surface area contributed by atoms with Crippen LogP contribution in [0.2, 0.25) is 0 Å². The second kappa shape index (κ2) is 6.74. The van der Waals surface area contributed by atoms with Gasteiger partial charge in [0, 0.05) is 28.7 Å². The van der Waals surface area contributed by atoms with Gasteiger partial charge in [-0.2, -0.15) is 0 Å². The van der Waals surface area contributed by atoms with Crippen LogP contribution in [0.4, 0.5) is 0 Å². The molecule has 22 heavy (non-hydrogen) atoms. The predicted molar refractivity (Wildman–Crippen MR) is 92.8 cm³/mol. The maximum Gasteiger partial charge on any atom is 0.123 e. The summed E-state index contributed by atoms with van der Waals surface area (Å²) in [6.07, 6.45) is 6.79. The Labute approximate surface area is 133 Å². The van der Waals surface area contributed by atoms with E-state index < -0.39 is 0 Å². The zero-order chi connectivity index (χ0) is 15.5. The number of nitrogens with one attached hydrogen (secondary N) is 1. The molecule has 1 aromatic carbocycles. The standard InChI is InChI=1S/C19H28N2O/c1-4-10-21(5-2)14(3)12-15-13-20-17-8-9-18-16(19(15)17)7-6-11-22-18/h8-9,13-14,20H,4-7,10-12H2,1-3H3. The molecule has 2 heterocycles. The van der Waals surface area contributed by atoms with E-state index >= 15 is 0 Å². The number of aryl methyl sites for hydroxylation is 1. The number of hydrogen-bond acceptors (Lipinski definition) is 2. The summed E-state index contributed by atoms with van der Waals surface area (Å²) in [6, 6.07) is 4.86. The summed E-state index contributed by atoms with van der Waals surface area (Å²) >= 11 is 0. The highest BCUT2D eigenvalue weighted by atomic mass is 16.5. The molecule has 2 aromatic rings. The van der Waals surface area contributed by atoms with Gasteiger partial charge in [-0.05, 0) is 63.4 Å². The van der Waals surface area contributed by atoms with Gasteiger partial charge < -0.3 is 14.6 Å². The van der Waals surface area contributed by atoms with E-state index in [1.165, 1.54) is 35.0 Å². The van der Waals surface area contributed by atoms with Crippen molar-refractivity contribution in [1.29, 1.82) is 0 Å². The highest BCUT2D eigenvalue weighted by molar-refractivity contribution is 5.89. The molecule has 0 saturated heterocycles. The molecule has 0 saturated carbocycles. The van der Waals surface area contributed by atoms with Crippen LogP contribution in [-0.2, 0) is 12.8 Å². The van der Waals surface area contributed by atoms with Crippen molar-refractivity contribution >= 4 is 10.9 Å². The molecule has 0 bridgehead atoms. The number of hydrogen-bond donors (Lipinski definition) is 1. The van der Waals surface area contributed by atoms with Crippen molar-refractivity contribution in [2.24, 2.45) is 0 Å². The van der Waals surface area contributed by atoms with E-state index in [4.69, 9.17) is 4.74 Å². The molecular weight excluding hydrogens is 272 g/mol. The fraction of sp³-hybridized carbons (Fsp3) is 0.579. The van der Waals surface area contributed by atoms with Crippen LogP contribution in [0.25, 0.3) is 10.9 Å². The van der Waals surface area contributed by atoms with Gasteiger partial charge in [-0.15, -0.1) is 0 Å². The Morgan fingerprint density at radius 2 is 2.18 bits per heavy atom. The molecule has 1 aliphatic heterocycles. The van der Waals surface area contributed by atoms with Crippen molar-refractivity contribution in [3.05, 3.63) is 29.5 Å². The minimum atomic E-state index is 0.573. The Balaban J connectivity index is 1.91. The maximum atomic E-state index is 5.84. The number of H-pyrrole nitrogens is 1. The topological polar surface area (TPSA) is 28.3 Å². The first-order valence-corrected chi connectivity index (χ1v) is 8.73. The third-order valence-electron chi connectivity index (χ3n) is 4.88. The maximum absolute atomic E-state index is 5.84. The summed E-state index contributed by atoms with van der Waals surface area (Å²) in [5.41, 5.74) is 4.11. The molecule has 1 N–H and O–H groups in total. The van der Waals surface area contributed by atoms with Gasteiger partial charge in [0.1, 0.15) is 5.75 Å². The average molecular weight is 300 g/mol. The molecule has 1 atom stereocenters. The second-order valence-electron chi connectivity index (χ2n) is 6.41. The third-order valence-corrected chi connectivity index (χ3v) is 4.88. The Kier molecular flexibility index (Phi) is 4.72. The van der Waals surface area contributed by atoms with E-state index in [0.717, 1.165) is 38.2 Å². The first-order chi connectivity index (χ1) is 10.7. The summed E-state index contributed by atoms with van der Waals surface area (Å²) < 4.78 is 5.84. The Morgan fingerprint density at radius 1 is 1.32 bits per heavy atom. The van der Waals surface area contributed by atoms with E-state index in [2.05, 4.69) is 49.0 Å². The lowest BCUT2D eigenvalue weighted by molar-refractivity contribution is 0.219. The number of rotatable bonds is 6. The van der Waals surface area contributed by atoms with E-state index in [0.29, 0.717) is 6.04 Å². The van der Waals surface area contributed by atoms with Crippen molar-refractivity contribution in [2.45, 2.75) is 52.5 Å². The average Bonchev–Trinajstić information content (AvgIpc) is 2.96. The van der Waals surface area contributed by atoms with Crippen molar-refractivity contribution in [2.75, 3.05) is 19.7 Å². The number of fused-ring (bicyclic) bond motifs is 3. The monoisotopic (exact) mass is 300 g/mol. The quantitative estimate of drug-likeness (QED) is 0.868. The molecule has 0 spiro atoms. The number of aromatic amines is 1. The summed E-state index contributed by atoms with van der Waals surface area (Å²) in [7, 11) is 0. The largest absolute Gasteiger partial charge is 0.493 e. The minimum Gasteiger partial charge on any atom is -0.493 e. The number of ether oxygens (including phenoxy) is 1. The van der Waals surface area contributed by atoms with Gasteiger partial charge in [-0.25, -0.2) is 0 Å². The van der Waals surface area contributed by atoms with Gasteiger partial charge >= 0.3 is 0 Å². The summed E-state index contributed by atoms with van der Waals surface area (Å²) in [5, 5.41) is 1.41. The van der Waals surface area contributed by atoms with Crippen LogP contribution in [0.3, 0.4) is 0 Å². The lowest BCUT2D eigenvalue weighted by atomic mass is 9.96. The Bertz CT molecular complexity index is 632. The van der Waals surface area contributed by atoms with Crippen molar-refractivity contribution in [3.8, 4) is 5.75 Å². The Morgan fingerprint density at radius 3 is 2.95 bits per heavy atom. The van der Waals surface area contributed by atoms with Gasteiger partial charge in [-0.3, -0.25) is 0 Å². The number of aromatic nitrogens is 1. The van der Waals surface area contributed by atoms with Crippen molar-refractivity contribution in [1.82, 2.24) is 9.88 Å². The fourth-order valence-corrected chi connectivity index (χ4v) is 3.75. The lowest BCUT2D eigenvalue weighted by Crippen LogP contribution is -2.35. The summed E-state index contributed by atoms with van der Waals surface area (Å²) in [4.78, 5) is 6.03. The SMILES string of the molecule is CCCN(CC)C(C)Cc1c[nH]c2ccc3c(c12)CCCO3. The third kappa shape index (κ3) is 2.87. The molecule has 3 rings (SSSR count). The van der Waals surface area contributed by atoms with Gasteiger partial charge in [0.05, 0.1) is 6.61 Å². The van der Waals surface area contributed by atoms with Crippen LogP contribution in [0.15, 0.2) is 18.3 Å².